The monoisotopic (exact) mass is 195 g/mol. The molecule has 11 heavy (non-hydrogen) atoms. The van der Waals surface area contributed by atoms with Gasteiger partial charge in [0.05, 0.1) is 0 Å². The molecule has 0 radical (unpaired) electrons. The van der Waals surface area contributed by atoms with E-state index in [0.717, 1.165) is 13.2 Å². The first-order valence-corrected chi connectivity index (χ1v) is 4.37. The number of thiocarbonyl (C=S) groups is 1. The normalized spacial score (nSPS) is 15.2. The van der Waals surface area contributed by atoms with E-state index in [1.807, 2.05) is 0 Å². The minimum absolute atomic E-state index is 0.398. The Morgan fingerprint density at radius 1 is 1.36 bits per heavy atom. The van der Waals surface area contributed by atoms with Crippen LogP contribution in [0, 0.1) is 0 Å². The molecule has 1 heterocycles. The third kappa shape index (κ3) is 8.04. The minimum atomic E-state index is 0.398. The molecule has 0 aliphatic carbocycles. The van der Waals surface area contributed by atoms with Crippen LogP contribution in [0.1, 0.15) is 12.8 Å². The Kier molecular flexibility index (Phi) is 6.91. The third-order valence-corrected chi connectivity index (χ3v) is 1.88. The van der Waals surface area contributed by atoms with Crippen molar-refractivity contribution in [3.05, 3.63) is 0 Å². The summed E-state index contributed by atoms with van der Waals surface area (Å²) in [6.45, 7) is 2.00. The summed E-state index contributed by atoms with van der Waals surface area (Å²) in [6.07, 6.45) is 2.56. The molecular formula is C7H14ClNOS. The summed E-state index contributed by atoms with van der Waals surface area (Å²) < 4.78 is 5.34. The molecule has 0 aromatic carbocycles. The Morgan fingerprint density at radius 2 is 1.73 bits per heavy atom. The first kappa shape index (κ1) is 11.1. The average Bonchev–Trinajstić information content (AvgIpc) is 2.41. The van der Waals surface area contributed by atoms with Crippen molar-refractivity contribution in [1.29, 1.82) is 0 Å². The van der Waals surface area contributed by atoms with Gasteiger partial charge in [-0.15, -0.1) is 0 Å². The van der Waals surface area contributed by atoms with Crippen molar-refractivity contribution in [2.24, 2.45) is 0 Å². The summed E-state index contributed by atoms with van der Waals surface area (Å²) in [5.41, 5.74) is 0. The Bertz CT molecular complexity index is 107. The molecule has 0 unspecified atom stereocenters. The zero-order chi connectivity index (χ0) is 8.69. The lowest BCUT2D eigenvalue weighted by molar-refractivity contribution is 0.198. The second-order valence-electron chi connectivity index (χ2n) is 2.47. The number of halogens is 1. The molecule has 1 saturated heterocycles. The van der Waals surface area contributed by atoms with Gasteiger partial charge >= 0.3 is 0 Å². The molecule has 0 spiro atoms. The fourth-order valence-corrected chi connectivity index (χ4v) is 0.510. The molecule has 2 nitrogen and oxygen atoms in total. The molecular weight excluding hydrogens is 182 g/mol. The summed E-state index contributed by atoms with van der Waals surface area (Å²) in [7, 11) is 3.60. The lowest BCUT2D eigenvalue weighted by Crippen LogP contribution is -2.12. The topological polar surface area (TPSA) is 12.5 Å². The van der Waals surface area contributed by atoms with Crippen molar-refractivity contribution in [2.45, 2.75) is 12.8 Å². The van der Waals surface area contributed by atoms with E-state index >= 15 is 0 Å². The van der Waals surface area contributed by atoms with Crippen molar-refractivity contribution in [2.75, 3.05) is 27.3 Å². The van der Waals surface area contributed by atoms with Crippen molar-refractivity contribution in [1.82, 2.24) is 4.90 Å². The molecule has 1 aliphatic rings. The van der Waals surface area contributed by atoms with Crippen LogP contribution in [-0.4, -0.2) is 36.7 Å². The number of ether oxygens (including phenoxy) is 1. The van der Waals surface area contributed by atoms with E-state index in [1.54, 1.807) is 19.0 Å². The van der Waals surface area contributed by atoms with Gasteiger partial charge in [0.25, 0.3) is 0 Å². The summed E-state index contributed by atoms with van der Waals surface area (Å²) in [4.78, 5) is 1.66. The molecule has 0 amide bonds. The second kappa shape index (κ2) is 6.83. The standard InChI is InChI=1S/C4H8O.C3H6ClNS/c1-2-4-5-3-1;1-5(2)3(4)6/h1-4H2;1-2H3. The van der Waals surface area contributed by atoms with Gasteiger partial charge in [-0.1, -0.05) is 11.6 Å². The number of hydrogen-bond acceptors (Lipinski definition) is 2. The van der Waals surface area contributed by atoms with Gasteiger partial charge in [-0.25, -0.2) is 0 Å². The van der Waals surface area contributed by atoms with Crippen LogP contribution in [0.15, 0.2) is 0 Å². The van der Waals surface area contributed by atoms with Crippen LogP contribution < -0.4 is 0 Å². The molecule has 1 rings (SSSR count). The van der Waals surface area contributed by atoms with Crippen molar-refractivity contribution in [3.63, 3.8) is 0 Å². The largest absolute Gasteiger partial charge is 0.381 e. The van der Waals surface area contributed by atoms with Crippen LogP contribution in [0.3, 0.4) is 0 Å². The molecule has 66 valence electrons. The Morgan fingerprint density at radius 3 is 1.82 bits per heavy atom. The van der Waals surface area contributed by atoms with Gasteiger partial charge in [-0.3, -0.25) is 0 Å². The van der Waals surface area contributed by atoms with Crippen LogP contribution in [0.5, 0.6) is 0 Å². The zero-order valence-corrected chi connectivity index (χ0v) is 8.54. The Hall–Kier alpha value is 0.140. The number of hydrogen-bond donors (Lipinski definition) is 0. The molecule has 0 aromatic rings. The van der Waals surface area contributed by atoms with Crippen LogP contribution in [-0.2, 0) is 4.74 Å². The van der Waals surface area contributed by atoms with E-state index in [1.165, 1.54) is 12.8 Å². The molecule has 0 bridgehead atoms. The first-order chi connectivity index (χ1) is 5.14. The van der Waals surface area contributed by atoms with E-state index in [-0.39, 0.29) is 0 Å². The highest BCUT2D eigenvalue weighted by Gasteiger charge is 1.94. The van der Waals surface area contributed by atoms with E-state index < -0.39 is 0 Å². The highest BCUT2D eigenvalue weighted by molar-refractivity contribution is 7.83. The van der Waals surface area contributed by atoms with Gasteiger partial charge in [-0.2, -0.15) is 0 Å². The fourth-order valence-electron chi connectivity index (χ4n) is 0.510. The van der Waals surface area contributed by atoms with Gasteiger partial charge in [0.15, 0.2) is 4.45 Å². The van der Waals surface area contributed by atoms with E-state index in [4.69, 9.17) is 16.3 Å². The zero-order valence-electron chi connectivity index (χ0n) is 6.97. The SMILES string of the molecule is C1CCOC1.CN(C)C(=S)Cl. The lowest BCUT2D eigenvalue weighted by Gasteiger charge is -2.03. The number of nitrogens with zero attached hydrogens (tertiary/aromatic N) is 1. The van der Waals surface area contributed by atoms with E-state index in [9.17, 15) is 0 Å². The predicted molar refractivity (Wildman–Crippen MR) is 52.2 cm³/mol. The maximum absolute atomic E-state index is 5.27. The smallest absolute Gasteiger partial charge is 0.169 e. The molecule has 1 fully saturated rings. The minimum Gasteiger partial charge on any atom is -0.381 e. The van der Waals surface area contributed by atoms with Crippen LogP contribution in [0.2, 0.25) is 0 Å². The van der Waals surface area contributed by atoms with Gasteiger partial charge in [0, 0.05) is 27.3 Å². The maximum atomic E-state index is 5.27. The van der Waals surface area contributed by atoms with Gasteiger partial charge in [-0.05, 0) is 25.1 Å². The van der Waals surface area contributed by atoms with Crippen molar-refractivity contribution in [3.8, 4) is 0 Å². The Labute approximate surface area is 78.5 Å². The first-order valence-electron chi connectivity index (χ1n) is 3.59. The molecule has 0 saturated carbocycles. The molecule has 0 aromatic heterocycles. The maximum Gasteiger partial charge on any atom is 0.169 e. The molecule has 0 N–H and O–H groups in total. The summed E-state index contributed by atoms with van der Waals surface area (Å²) in [6, 6.07) is 0. The lowest BCUT2D eigenvalue weighted by atomic mass is 10.4. The molecule has 4 heteroatoms. The summed E-state index contributed by atoms with van der Waals surface area (Å²) in [5.74, 6) is 0. The van der Waals surface area contributed by atoms with E-state index in [2.05, 4.69) is 12.2 Å². The number of rotatable bonds is 0. The van der Waals surface area contributed by atoms with Crippen LogP contribution in [0.4, 0.5) is 0 Å². The van der Waals surface area contributed by atoms with Crippen LogP contribution >= 0.6 is 23.8 Å². The van der Waals surface area contributed by atoms with Gasteiger partial charge in [0.1, 0.15) is 0 Å². The van der Waals surface area contributed by atoms with Gasteiger partial charge < -0.3 is 9.64 Å². The van der Waals surface area contributed by atoms with Crippen LogP contribution in [0.25, 0.3) is 0 Å². The predicted octanol–water partition coefficient (Wildman–Crippen LogP) is 1.87. The quantitative estimate of drug-likeness (QED) is 0.333. The summed E-state index contributed by atoms with van der Waals surface area (Å²) >= 11 is 9.78. The highest BCUT2D eigenvalue weighted by Crippen LogP contribution is 1.98. The second-order valence-corrected chi connectivity index (χ2v) is 3.44. The van der Waals surface area contributed by atoms with E-state index in [0.29, 0.717) is 4.45 Å². The molecule has 0 atom stereocenters. The van der Waals surface area contributed by atoms with Crippen molar-refractivity contribution >= 4 is 28.3 Å². The average molecular weight is 196 g/mol. The summed E-state index contributed by atoms with van der Waals surface area (Å²) in [5, 5.41) is 0. The third-order valence-electron chi connectivity index (χ3n) is 1.18. The molecule has 1 aliphatic heterocycles. The van der Waals surface area contributed by atoms with Crippen molar-refractivity contribution < 1.29 is 4.74 Å². The fraction of sp³-hybridized carbons (Fsp3) is 0.857. The van der Waals surface area contributed by atoms with Gasteiger partial charge in [0.2, 0.25) is 0 Å². The highest BCUT2D eigenvalue weighted by atomic mass is 35.5. The Balaban J connectivity index is 0.000000183.